The molecule has 0 aliphatic heterocycles. The van der Waals surface area contributed by atoms with Gasteiger partial charge >= 0.3 is 0 Å². The molecule has 0 saturated carbocycles. The zero-order chi connectivity index (χ0) is 13.2. The number of allylic oxidation sites excluding steroid dienone is 1. The van der Waals surface area contributed by atoms with E-state index in [1.54, 1.807) is 0 Å². The predicted octanol–water partition coefficient (Wildman–Crippen LogP) is 5.51. The van der Waals surface area contributed by atoms with Gasteiger partial charge in [-0.15, -0.1) is 6.58 Å². The Morgan fingerprint density at radius 2 is 1.50 bits per heavy atom. The lowest BCUT2D eigenvalue weighted by Crippen LogP contribution is -1.75. The molecule has 92 valence electrons. The maximum atomic E-state index is 3.66. The van der Waals surface area contributed by atoms with Crippen LogP contribution >= 0.6 is 15.9 Å². The van der Waals surface area contributed by atoms with Crippen molar-refractivity contribution in [2.75, 3.05) is 0 Å². The van der Waals surface area contributed by atoms with Crippen LogP contribution in [0.5, 0.6) is 0 Å². The molecule has 0 radical (unpaired) electrons. The molecule has 0 aromatic heterocycles. The third kappa shape index (κ3) is 5.65. The van der Waals surface area contributed by atoms with Crippen LogP contribution in [0.1, 0.15) is 11.1 Å². The summed E-state index contributed by atoms with van der Waals surface area (Å²) in [6.07, 6.45) is 4.71. The zero-order valence-electron chi connectivity index (χ0n) is 10.4. The Morgan fingerprint density at radius 3 is 2.00 bits per heavy atom. The number of halogens is 1. The molecule has 0 amide bonds. The molecule has 2 rings (SSSR count). The first-order valence-corrected chi connectivity index (χ1v) is 6.58. The Bertz CT molecular complexity index is 469. The Morgan fingerprint density at radius 1 is 0.889 bits per heavy atom. The van der Waals surface area contributed by atoms with Crippen molar-refractivity contribution in [3.05, 3.63) is 89.4 Å². The standard InChI is InChI=1S/C9H10.C8H7Br/c1-2-6-9-7-4-3-5-8-9;1-2-7-3-5-8(9)6-4-7/h2-5,7-8H,1,6H2;2-6H,1H2. The van der Waals surface area contributed by atoms with E-state index in [0.717, 1.165) is 16.5 Å². The minimum Gasteiger partial charge on any atom is -0.103 e. The number of rotatable bonds is 3. The van der Waals surface area contributed by atoms with Crippen LogP contribution in [0.15, 0.2) is 78.3 Å². The Labute approximate surface area is 118 Å². The smallest absolute Gasteiger partial charge is 0.0175 e. The molecule has 0 fully saturated rings. The molecule has 0 spiro atoms. The van der Waals surface area contributed by atoms with Gasteiger partial charge in [-0.2, -0.15) is 0 Å². The van der Waals surface area contributed by atoms with Crippen LogP contribution in [0.3, 0.4) is 0 Å². The topological polar surface area (TPSA) is 0 Å². The molecule has 2 aromatic rings. The van der Waals surface area contributed by atoms with E-state index in [0.29, 0.717) is 0 Å². The van der Waals surface area contributed by atoms with Crippen molar-refractivity contribution in [3.8, 4) is 0 Å². The van der Waals surface area contributed by atoms with Gasteiger partial charge in [-0.25, -0.2) is 0 Å². The summed E-state index contributed by atoms with van der Waals surface area (Å²) in [7, 11) is 0. The van der Waals surface area contributed by atoms with Gasteiger partial charge in [0.15, 0.2) is 0 Å². The summed E-state index contributed by atoms with van der Waals surface area (Å²) in [5.74, 6) is 0. The predicted molar refractivity (Wildman–Crippen MR) is 84.6 cm³/mol. The lowest BCUT2D eigenvalue weighted by molar-refractivity contribution is 1.28. The molecule has 0 unspecified atom stereocenters. The van der Waals surface area contributed by atoms with Gasteiger partial charge in [0.1, 0.15) is 0 Å². The fourth-order valence-corrected chi connectivity index (χ4v) is 1.64. The van der Waals surface area contributed by atoms with Gasteiger partial charge in [0, 0.05) is 4.47 Å². The van der Waals surface area contributed by atoms with Gasteiger partial charge in [-0.3, -0.25) is 0 Å². The Balaban J connectivity index is 0.000000180. The van der Waals surface area contributed by atoms with Crippen molar-refractivity contribution in [2.24, 2.45) is 0 Å². The molecule has 0 heterocycles. The third-order valence-corrected chi connectivity index (χ3v) is 2.86. The van der Waals surface area contributed by atoms with Crippen molar-refractivity contribution in [2.45, 2.75) is 6.42 Å². The quantitative estimate of drug-likeness (QED) is 0.656. The van der Waals surface area contributed by atoms with Crippen molar-refractivity contribution in [1.29, 1.82) is 0 Å². The van der Waals surface area contributed by atoms with E-state index in [2.05, 4.69) is 41.2 Å². The molecular weight excluding hydrogens is 284 g/mol. The molecular formula is C17H17Br. The van der Waals surface area contributed by atoms with E-state index in [4.69, 9.17) is 0 Å². The largest absolute Gasteiger partial charge is 0.103 e. The zero-order valence-corrected chi connectivity index (χ0v) is 11.9. The number of hydrogen-bond acceptors (Lipinski definition) is 0. The first-order valence-electron chi connectivity index (χ1n) is 5.79. The van der Waals surface area contributed by atoms with Gasteiger partial charge in [0.25, 0.3) is 0 Å². The summed E-state index contributed by atoms with van der Waals surface area (Å²) in [4.78, 5) is 0. The summed E-state index contributed by atoms with van der Waals surface area (Å²) < 4.78 is 1.10. The highest BCUT2D eigenvalue weighted by Crippen LogP contribution is 2.10. The van der Waals surface area contributed by atoms with Crippen molar-refractivity contribution in [3.63, 3.8) is 0 Å². The van der Waals surface area contributed by atoms with Crippen LogP contribution in [0.2, 0.25) is 0 Å². The molecule has 1 heteroatoms. The van der Waals surface area contributed by atoms with E-state index < -0.39 is 0 Å². The summed E-state index contributed by atoms with van der Waals surface area (Å²) >= 11 is 3.34. The maximum absolute atomic E-state index is 3.66. The van der Waals surface area contributed by atoms with E-state index in [9.17, 15) is 0 Å². The lowest BCUT2D eigenvalue weighted by atomic mass is 10.2. The molecule has 0 nitrogen and oxygen atoms in total. The first kappa shape index (κ1) is 14.5. The molecule has 2 aromatic carbocycles. The molecule has 0 aliphatic rings. The number of hydrogen-bond donors (Lipinski definition) is 0. The Hall–Kier alpha value is -1.60. The summed E-state index contributed by atoms with van der Waals surface area (Å²) in [6.45, 7) is 7.30. The highest BCUT2D eigenvalue weighted by atomic mass is 79.9. The van der Waals surface area contributed by atoms with E-state index in [-0.39, 0.29) is 0 Å². The maximum Gasteiger partial charge on any atom is 0.0175 e. The molecule has 0 aliphatic carbocycles. The van der Waals surface area contributed by atoms with Crippen LogP contribution < -0.4 is 0 Å². The summed E-state index contributed by atoms with van der Waals surface area (Å²) in [5, 5.41) is 0. The van der Waals surface area contributed by atoms with Crippen LogP contribution in [-0.2, 0) is 6.42 Å². The van der Waals surface area contributed by atoms with Gasteiger partial charge in [0.2, 0.25) is 0 Å². The second-order valence-corrected chi connectivity index (χ2v) is 4.65. The second-order valence-electron chi connectivity index (χ2n) is 3.73. The van der Waals surface area contributed by atoms with Crippen molar-refractivity contribution < 1.29 is 0 Å². The minimum absolute atomic E-state index is 0.973. The molecule has 0 saturated heterocycles. The van der Waals surface area contributed by atoms with Gasteiger partial charge in [-0.1, -0.05) is 77.1 Å². The Kier molecular flexibility index (Phi) is 6.82. The molecule has 0 bridgehead atoms. The number of benzene rings is 2. The van der Waals surface area contributed by atoms with Crippen LogP contribution in [0, 0.1) is 0 Å². The normalized spacial score (nSPS) is 8.94. The van der Waals surface area contributed by atoms with Crippen LogP contribution in [-0.4, -0.2) is 0 Å². The highest BCUT2D eigenvalue weighted by molar-refractivity contribution is 9.10. The van der Waals surface area contributed by atoms with Gasteiger partial charge in [-0.05, 0) is 29.7 Å². The first-order chi connectivity index (χ1) is 8.76. The van der Waals surface area contributed by atoms with Crippen LogP contribution in [0.25, 0.3) is 6.08 Å². The van der Waals surface area contributed by atoms with Crippen molar-refractivity contribution in [1.82, 2.24) is 0 Å². The molecule has 18 heavy (non-hydrogen) atoms. The molecule has 0 N–H and O–H groups in total. The van der Waals surface area contributed by atoms with Gasteiger partial charge in [0.05, 0.1) is 0 Å². The monoisotopic (exact) mass is 300 g/mol. The fraction of sp³-hybridized carbons (Fsp3) is 0.0588. The summed E-state index contributed by atoms with van der Waals surface area (Å²) in [6, 6.07) is 18.3. The van der Waals surface area contributed by atoms with Crippen molar-refractivity contribution >= 4 is 22.0 Å². The van der Waals surface area contributed by atoms with Crippen LogP contribution in [0.4, 0.5) is 0 Å². The van der Waals surface area contributed by atoms with E-state index >= 15 is 0 Å². The van der Waals surface area contributed by atoms with E-state index in [1.807, 2.05) is 54.6 Å². The fourth-order valence-electron chi connectivity index (χ4n) is 1.38. The average Bonchev–Trinajstić information content (AvgIpc) is 2.42. The van der Waals surface area contributed by atoms with Gasteiger partial charge < -0.3 is 0 Å². The lowest BCUT2D eigenvalue weighted by Gasteiger charge is -1.91. The third-order valence-electron chi connectivity index (χ3n) is 2.33. The second kappa shape index (κ2) is 8.48. The van der Waals surface area contributed by atoms with E-state index in [1.165, 1.54) is 5.56 Å². The SMILES string of the molecule is C=CCc1ccccc1.C=Cc1ccc(Br)cc1. The summed E-state index contributed by atoms with van der Waals surface area (Å²) in [5.41, 5.74) is 2.48. The highest BCUT2D eigenvalue weighted by Gasteiger charge is 1.83. The average molecular weight is 301 g/mol. The molecule has 0 atom stereocenters. The minimum atomic E-state index is 0.973.